The van der Waals surface area contributed by atoms with Crippen LogP contribution in [0.1, 0.15) is 92.4 Å². The zero-order valence-electron chi connectivity index (χ0n) is 19.0. The van der Waals surface area contributed by atoms with E-state index in [0.29, 0.717) is 10.8 Å². The molecule has 1 saturated heterocycles. The van der Waals surface area contributed by atoms with Gasteiger partial charge < -0.3 is 9.47 Å². The summed E-state index contributed by atoms with van der Waals surface area (Å²) >= 11 is 0. The molecule has 0 aromatic carbocycles. The zero-order valence-corrected chi connectivity index (χ0v) is 19.0. The summed E-state index contributed by atoms with van der Waals surface area (Å²) in [6, 6.07) is 0. The van der Waals surface area contributed by atoms with E-state index in [4.69, 9.17) is 9.47 Å². The smallest absolute Gasteiger partial charge is 0.168 e. The van der Waals surface area contributed by atoms with Gasteiger partial charge in [0.25, 0.3) is 0 Å². The largest absolute Gasteiger partial charge is 0.349 e. The second-order valence-corrected chi connectivity index (χ2v) is 12.3. The van der Waals surface area contributed by atoms with Crippen LogP contribution in [-0.4, -0.2) is 19.0 Å². The lowest BCUT2D eigenvalue weighted by Crippen LogP contribution is -2.56. The number of hydrogen-bond donors (Lipinski definition) is 0. The molecule has 4 fully saturated rings. The lowest BCUT2D eigenvalue weighted by Gasteiger charge is -2.59. The Bertz CT molecular complexity index is 653. The van der Waals surface area contributed by atoms with Crippen LogP contribution < -0.4 is 0 Å². The van der Waals surface area contributed by atoms with Crippen molar-refractivity contribution in [3.05, 3.63) is 11.6 Å². The minimum Gasteiger partial charge on any atom is -0.349 e. The van der Waals surface area contributed by atoms with E-state index in [9.17, 15) is 0 Å². The molecule has 5 rings (SSSR count). The molecular formula is C26H42O2. The fourth-order valence-electron chi connectivity index (χ4n) is 8.24. The summed E-state index contributed by atoms with van der Waals surface area (Å²) < 4.78 is 12.8. The van der Waals surface area contributed by atoms with Crippen molar-refractivity contribution >= 4 is 0 Å². The van der Waals surface area contributed by atoms with Crippen molar-refractivity contribution in [2.75, 3.05) is 13.2 Å². The monoisotopic (exact) mass is 386 g/mol. The highest BCUT2D eigenvalue weighted by molar-refractivity contribution is 5.29. The van der Waals surface area contributed by atoms with Gasteiger partial charge in [-0.1, -0.05) is 52.7 Å². The highest BCUT2D eigenvalue weighted by Gasteiger charge is 2.59. The third kappa shape index (κ3) is 2.73. The van der Waals surface area contributed by atoms with Gasteiger partial charge >= 0.3 is 0 Å². The van der Waals surface area contributed by atoms with Crippen molar-refractivity contribution in [1.82, 2.24) is 0 Å². The van der Waals surface area contributed by atoms with E-state index in [1.54, 1.807) is 0 Å². The van der Waals surface area contributed by atoms with Crippen LogP contribution in [0.3, 0.4) is 0 Å². The van der Waals surface area contributed by atoms with E-state index in [2.05, 4.69) is 40.7 Å². The molecule has 1 unspecified atom stereocenters. The second-order valence-electron chi connectivity index (χ2n) is 12.3. The summed E-state index contributed by atoms with van der Waals surface area (Å²) in [5, 5.41) is 0. The summed E-state index contributed by atoms with van der Waals surface area (Å²) in [7, 11) is 0. The van der Waals surface area contributed by atoms with Crippen molar-refractivity contribution in [2.45, 2.75) is 98.2 Å². The maximum absolute atomic E-state index is 6.42. The predicted molar refractivity (Wildman–Crippen MR) is 114 cm³/mol. The fourth-order valence-corrected chi connectivity index (χ4v) is 8.24. The number of ether oxygens (including phenoxy) is 2. The molecule has 1 spiro atoms. The highest BCUT2D eigenvalue weighted by Crippen LogP contribution is 2.66. The summed E-state index contributed by atoms with van der Waals surface area (Å²) in [4.78, 5) is 0. The Morgan fingerprint density at radius 3 is 2.43 bits per heavy atom. The van der Waals surface area contributed by atoms with Gasteiger partial charge in [-0.15, -0.1) is 0 Å². The third-order valence-electron chi connectivity index (χ3n) is 10.2. The predicted octanol–water partition coefficient (Wildman–Crippen LogP) is 6.74. The summed E-state index contributed by atoms with van der Waals surface area (Å²) in [6.45, 7) is 13.9. The number of rotatable bonds is 1. The van der Waals surface area contributed by atoms with Crippen LogP contribution in [-0.2, 0) is 9.47 Å². The summed E-state index contributed by atoms with van der Waals surface area (Å²) in [5.74, 6) is 3.20. The molecule has 0 N–H and O–H groups in total. The first kappa shape index (κ1) is 19.6. The van der Waals surface area contributed by atoms with E-state index in [-0.39, 0.29) is 11.2 Å². The molecule has 2 nitrogen and oxygen atoms in total. The van der Waals surface area contributed by atoms with Crippen LogP contribution in [0, 0.1) is 39.9 Å². The van der Waals surface area contributed by atoms with Crippen molar-refractivity contribution in [3.63, 3.8) is 0 Å². The first-order valence-corrected chi connectivity index (χ1v) is 12.2. The number of allylic oxidation sites excluding steroid dienone is 2. The van der Waals surface area contributed by atoms with Gasteiger partial charge in [-0.3, -0.25) is 0 Å². The number of hydrogen-bond acceptors (Lipinski definition) is 2. The van der Waals surface area contributed by atoms with E-state index >= 15 is 0 Å². The SMILES string of the molecule is CC[C@@H]1CC[C@H]2[C@@H]3CCC4CC5(CC[C@]4(C)C3=CC[C@]12C)OCC(C)(C)CO5. The van der Waals surface area contributed by atoms with Crippen molar-refractivity contribution in [3.8, 4) is 0 Å². The summed E-state index contributed by atoms with van der Waals surface area (Å²) in [5.41, 5.74) is 2.98. The molecular weight excluding hydrogens is 344 g/mol. The Morgan fingerprint density at radius 1 is 0.964 bits per heavy atom. The molecule has 1 aliphatic heterocycles. The Kier molecular flexibility index (Phi) is 4.43. The van der Waals surface area contributed by atoms with Crippen LogP contribution in [0.5, 0.6) is 0 Å². The quantitative estimate of drug-likeness (QED) is 0.464. The molecule has 0 bridgehead atoms. The molecule has 158 valence electrons. The first-order valence-electron chi connectivity index (χ1n) is 12.2. The molecule has 6 atom stereocenters. The second kappa shape index (κ2) is 6.33. The van der Waals surface area contributed by atoms with Gasteiger partial charge in [-0.05, 0) is 73.0 Å². The van der Waals surface area contributed by atoms with Gasteiger partial charge in [0.1, 0.15) is 0 Å². The average molecular weight is 387 g/mol. The normalized spacial score (nSPS) is 49.1. The standard InChI is InChI=1S/C26H42O2/c1-6-18-8-10-21-20-9-7-19-15-26(27-16-23(2,3)17-28-26)14-13-25(19,5)22(20)11-12-24(18,21)4/h11,18-21H,6-10,12-17H2,1-5H3/t18-,19?,20+,21+,24-,25+/m1/s1. The Labute approximate surface area is 172 Å². The van der Waals surface area contributed by atoms with Crippen molar-refractivity contribution in [1.29, 1.82) is 0 Å². The van der Waals surface area contributed by atoms with Gasteiger partial charge in [-0.2, -0.15) is 0 Å². The van der Waals surface area contributed by atoms with Gasteiger partial charge in [0.15, 0.2) is 5.79 Å². The van der Waals surface area contributed by atoms with Crippen LogP contribution in [0.2, 0.25) is 0 Å². The van der Waals surface area contributed by atoms with Gasteiger partial charge in [0.05, 0.1) is 13.2 Å². The Hall–Kier alpha value is -0.340. The average Bonchev–Trinajstić information content (AvgIpc) is 3.01. The first-order chi connectivity index (χ1) is 13.2. The molecule has 4 aliphatic carbocycles. The fraction of sp³-hybridized carbons (Fsp3) is 0.923. The molecule has 0 radical (unpaired) electrons. The van der Waals surface area contributed by atoms with Crippen LogP contribution in [0.4, 0.5) is 0 Å². The van der Waals surface area contributed by atoms with Gasteiger partial charge in [-0.25, -0.2) is 0 Å². The Balaban J connectivity index is 1.38. The van der Waals surface area contributed by atoms with Gasteiger partial charge in [0.2, 0.25) is 0 Å². The van der Waals surface area contributed by atoms with E-state index in [1.165, 1.54) is 44.9 Å². The third-order valence-corrected chi connectivity index (χ3v) is 10.2. The Morgan fingerprint density at radius 2 is 1.71 bits per heavy atom. The molecule has 0 aromatic heterocycles. The minimum atomic E-state index is -0.281. The lowest BCUT2D eigenvalue weighted by molar-refractivity contribution is -0.323. The highest BCUT2D eigenvalue weighted by atomic mass is 16.7. The summed E-state index contributed by atoms with van der Waals surface area (Å²) in [6.07, 6.45) is 14.6. The molecule has 0 amide bonds. The lowest BCUT2D eigenvalue weighted by atomic mass is 9.48. The maximum Gasteiger partial charge on any atom is 0.168 e. The zero-order chi connectivity index (χ0) is 19.8. The molecule has 2 heteroatoms. The van der Waals surface area contributed by atoms with Crippen LogP contribution >= 0.6 is 0 Å². The molecule has 5 aliphatic rings. The van der Waals surface area contributed by atoms with Crippen molar-refractivity contribution in [2.24, 2.45) is 39.9 Å². The van der Waals surface area contributed by atoms with E-state index in [0.717, 1.165) is 49.7 Å². The maximum atomic E-state index is 6.42. The molecule has 3 saturated carbocycles. The van der Waals surface area contributed by atoms with E-state index in [1.807, 2.05) is 5.57 Å². The van der Waals surface area contributed by atoms with Gasteiger partial charge in [0, 0.05) is 18.3 Å². The van der Waals surface area contributed by atoms with Crippen LogP contribution in [0.15, 0.2) is 11.6 Å². The van der Waals surface area contributed by atoms with Crippen LogP contribution in [0.25, 0.3) is 0 Å². The molecule has 28 heavy (non-hydrogen) atoms. The molecule has 0 aromatic rings. The molecule has 1 heterocycles. The van der Waals surface area contributed by atoms with E-state index < -0.39 is 0 Å². The van der Waals surface area contributed by atoms with Crippen molar-refractivity contribution < 1.29 is 9.47 Å². The number of fused-ring (bicyclic) bond motifs is 5. The topological polar surface area (TPSA) is 18.5 Å². The minimum absolute atomic E-state index is 0.165.